The molecule has 1 aliphatic heterocycles. The largest absolute Gasteiger partial charge is 0.347 e. The van der Waals surface area contributed by atoms with E-state index in [0.717, 1.165) is 12.8 Å². The number of aromatic nitrogens is 2. The molecule has 1 saturated heterocycles. The van der Waals surface area contributed by atoms with E-state index in [4.69, 9.17) is 0 Å². The molecule has 15 heteroatoms. The summed E-state index contributed by atoms with van der Waals surface area (Å²) < 4.78 is 27.0. The highest BCUT2D eigenvalue weighted by Gasteiger charge is 2.52. The standard InChI is InChI=1S/C32H45F2N7O6/c1-16(2)23(39-27(43)21-14-35-11-12-36-21)28(44)40-26(32(3,4)5)31(47)41-15-17-7-6-8-19(17)24(41)29(45)38-20(13-22(33)34)25(42)30(46)37-18-9-10-18/h11-12,14,16-20,22-24,26H,6-10,13,15H2,1-5H3,(H,37,46)(H,38,45)(H,39,43)(H,40,44)/t17-,19-,20?,23+,24?,26?/m0/s1. The van der Waals surface area contributed by atoms with Crippen LogP contribution in [0.1, 0.15) is 83.6 Å². The van der Waals surface area contributed by atoms with E-state index >= 15 is 0 Å². The van der Waals surface area contributed by atoms with Crippen molar-refractivity contribution in [2.24, 2.45) is 23.2 Å². The van der Waals surface area contributed by atoms with Gasteiger partial charge in [-0.15, -0.1) is 0 Å². The number of halogens is 2. The van der Waals surface area contributed by atoms with E-state index in [1.807, 2.05) is 0 Å². The molecule has 0 spiro atoms. The van der Waals surface area contributed by atoms with Crippen molar-refractivity contribution in [2.75, 3.05) is 6.54 Å². The van der Waals surface area contributed by atoms with Crippen LogP contribution in [0.5, 0.6) is 0 Å². The van der Waals surface area contributed by atoms with Crippen LogP contribution in [0.4, 0.5) is 8.78 Å². The Hall–Kier alpha value is -4.04. The third-order valence-electron chi connectivity index (χ3n) is 9.06. The molecule has 2 heterocycles. The van der Waals surface area contributed by atoms with Crippen molar-refractivity contribution in [1.29, 1.82) is 0 Å². The van der Waals surface area contributed by atoms with Crippen LogP contribution in [0, 0.1) is 23.2 Å². The molecule has 1 aromatic heterocycles. The summed E-state index contributed by atoms with van der Waals surface area (Å²) in [5, 5.41) is 10.3. The number of rotatable bonds is 13. The number of nitrogens with one attached hydrogen (secondary N) is 4. The first-order valence-corrected chi connectivity index (χ1v) is 16.2. The number of alkyl halides is 2. The predicted octanol–water partition coefficient (Wildman–Crippen LogP) is 1.38. The molecule has 258 valence electrons. The van der Waals surface area contributed by atoms with Crippen molar-refractivity contribution in [3.63, 3.8) is 0 Å². The summed E-state index contributed by atoms with van der Waals surface area (Å²) in [5.74, 6) is -5.46. The number of nitrogens with zero attached hydrogens (tertiary/aromatic N) is 3. The molecule has 3 fully saturated rings. The highest BCUT2D eigenvalue weighted by molar-refractivity contribution is 6.38. The Morgan fingerprint density at radius 1 is 0.979 bits per heavy atom. The topological polar surface area (TPSA) is 180 Å². The first kappa shape index (κ1) is 35.8. The van der Waals surface area contributed by atoms with Crippen molar-refractivity contribution in [3.8, 4) is 0 Å². The molecule has 3 aliphatic rings. The molecule has 0 aromatic carbocycles. The van der Waals surface area contributed by atoms with Gasteiger partial charge in [-0.25, -0.2) is 13.8 Å². The molecular weight excluding hydrogens is 616 g/mol. The number of fused-ring (bicyclic) bond motifs is 1. The lowest BCUT2D eigenvalue weighted by molar-refractivity contribution is -0.146. The normalized spacial score (nSPS) is 22.7. The molecule has 2 aliphatic carbocycles. The number of hydrogen-bond donors (Lipinski definition) is 4. The van der Waals surface area contributed by atoms with Gasteiger partial charge in [0, 0.05) is 31.4 Å². The molecule has 0 radical (unpaired) electrons. The molecule has 4 rings (SSSR count). The summed E-state index contributed by atoms with van der Waals surface area (Å²) in [4.78, 5) is 89.1. The molecule has 5 amide bonds. The molecule has 47 heavy (non-hydrogen) atoms. The lowest BCUT2D eigenvalue weighted by Gasteiger charge is -2.37. The maximum Gasteiger partial charge on any atom is 0.289 e. The Labute approximate surface area is 272 Å². The molecule has 1 aromatic rings. The average Bonchev–Trinajstić information content (AvgIpc) is 3.57. The third kappa shape index (κ3) is 8.86. The summed E-state index contributed by atoms with van der Waals surface area (Å²) in [6, 6.07) is -5.21. The van der Waals surface area contributed by atoms with Crippen molar-refractivity contribution in [2.45, 2.75) is 110 Å². The Morgan fingerprint density at radius 2 is 1.68 bits per heavy atom. The van der Waals surface area contributed by atoms with Gasteiger partial charge in [-0.3, -0.25) is 33.8 Å². The van der Waals surface area contributed by atoms with E-state index in [2.05, 4.69) is 31.2 Å². The smallest absolute Gasteiger partial charge is 0.289 e. The monoisotopic (exact) mass is 661 g/mol. The fourth-order valence-corrected chi connectivity index (χ4v) is 6.39. The Kier molecular flexibility index (Phi) is 11.3. The summed E-state index contributed by atoms with van der Waals surface area (Å²) in [5.41, 5.74) is -0.836. The van der Waals surface area contributed by atoms with Crippen LogP contribution in [0.3, 0.4) is 0 Å². The van der Waals surface area contributed by atoms with Gasteiger partial charge < -0.3 is 26.2 Å². The van der Waals surface area contributed by atoms with Crippen LogP contribution in [0.2, 0.25) is 0 Å². The summed E-state index contributed by atoms with van der Waals surface area (Å²) in [6.45, 7) is 8.93. The molecule has 6 atom stereocenters. The Balaban J connectivity index is 1.54. The number of likely N-dealkylation sites (tertiary alicyclic amines) is 1. The van der Waals surface area contributed by atoms with E-state index in [1.54, 1.807) is 34.6 Å². The second-order valence-corrected chi connectivity index (χ2v) is 14.2. The quantitative estimate of drug-likeness (QED) is 0.229. The molecule has 4 N–H and O–H groups in total. The van der Waals surface area contributed by atoms with Gasteiger partial charge >= 0.3 is 0 Å². The van der Waals surface area contributed by atoms with Crippen LogP contribution in [-0.4, -0.2) is 93.4 Å². The summed E-state index contributed by atoms with van der Waals surface area (Å²) in [6.07, 6.45) is 3.54. The van der Waals surface area contributed by atoms with Gasteiger partial charge in [-0.2, -0.15) is 0 Å². The Bertz CT molecular complexity index is 1350. The van der Waals surface area contributed by atoms with Gasteiger partial charge in [-0.1, -0.05) is 41.0 Å². The third-order valence-corrected chi connectivity index (χ3v) is 9.06. The zero-order valence-electron chi connectivity index (χ0n) is 27.4. The van der Waals surface area contributed by atoms with Gasteiger partial charge in [0.05, 0.1) is 6.20 Å². The number of carbonyl (C=O) groups is 6. The minimum Gasteiger partial charge on any atom is -0.347 e. The minimum absolute atomic E-state index is 0.0144. The number of ketones is 1. The molecular formula is C32H45F2N7O6. The molecule has 2 saturated carbocycles. The van der Waals surface area contributed by atoms with Crippen LogP contribution in [0.25, 0.3) is 0 Å². The van der Waals surface area contributed by atoms with E-state index in [9.17, 15) is 37.5 Å². The van der Waals surface area contributed by atoms with Gasteiger partial charge in [0.15, 0.2) is 0 Å². The van der Waals surface area contributed by atoms with Gasteiger partial charge in [-0.05, 0) is 48.9 Å². The van der Waals surface area contributed by atoms with Crippen molar-refractivity contribution in [3.05, 3.63) is 24.3 Å². The van der Waals surface area contributed by atoms with Gasteiger partial charge in [0.2, 0.25) is 29.9 Å². The van der Waals surface area contributed by atoms with E-state index < -0.39 is 77.7 Å². The van der Waals surface area contributed by atoms with E-state index in [0.29, 0.717) is 19.3 Å². The first-order chi connectivity index (χ1) is 22.1. The van der Waals surface area contributed by atoms with Crippen molar-refractivity contribution in [1.82, 2.24) is 36.1 Å². The first-order valence-electron chi connectivity index (χ1n) is 16.2. The van der Waals surface area contributed by atoms with Crippen LogP contribution in [-0.2, 0) is 24.0 Å². The van der Waals surface area contributed by atoms with Crippen LogP contribution in [0.15, 0.2) is 18.6 Å². The summed E-state index contributed by atoms with van der Waals surface area (Å²) in [7, 11) is 0. The zero-order valence-corrected chi connectivity index (χ0v) is 27.4. The number of carbonyl (C=O) groups excluding carboxylic acids is 6. The highest BCUT2D eigenvalue weighted by atomic mass is 19.3. The Morgan fingerprint density at radius 3 is 2.26 bits per heavy atom. The molecule has 3 unspecified atom stereocenters. The van der Waals surface area contributed by atoms with E-state index in [1.165, 1.54) is 23.5 Å². The van der Waals surface area contributed by atoms with Crippen molar-refractivity contribution >= 4 is 35.3 Å². The number of Topliss-reactive ketones (excluding diaryl/α,β-unsaturated/α-hetero) is 1. The van der Waals surface area contributed by atoms with Gasteiger partial charge in [0.25, 0.3) is 11.8 Å². The SMILES string of the molecule is CC(C)[C@@H](NC(=O)c1cnccn1)C(=O)NC(C(=O)N1C[C@@H]2CCC[C@@H]2C1C(=O)NC(CC(F)F)C(=O)C(=O)NC1CC1)C(C)(C)C. The molecule has 13 nitrogen and oxygen atoms in total. The fraction of sp³-hybridized carbons (Fsp3) is 0.688. The maximum atomic E-state index is 14.3. The molecule has 0 bridgehead atoms. The number of hydrogen-bond acceptors (Lipinski definition) is 8. The predicted molar refractivity (Wildman–Crippen MR) is 165 cm³/mol. The maximum absolute atomic E-state index is 14.3. The number of amides is 5. The van der Waals surface area contributed by atoms with E-state index in [-0.39, 0.29) is 36.0 Å². The lowest BCUT2D eigenvalue weighted by atomic mass is 9.85. The average molecular weight is 662 g/mol. The minimum atomic E-state index is -2.97. The zero-order chi connectivity index (χ0) is 34.6. The second-order valence-electron chi connectivity index (χ2n) is 14.2. The van der Waals surface area contributed by atoms with Crippen LogP contribution < -0.4 is 21.3 Å². The fourth-order valence-electron chi connectivity index (χ4n) is 6.39. The lowest BCUT2D eigenvalue weighted by Crippen LogP contribution is -2.62. The van der Waals surface area contributed by atoms with Crippen LogP contribution >= 0.6 is 0 Å². The second kappa shape index (κ2) is 14.8. The summed E-state index contributed by atoms with van der Waals surface area (Å²) >= 11 is 0. The van der Waals surface area contributed by atoms with Crippen molar-refractivity contribution < 1.29 is 37.5 Å². The van der Waals surface area contributed by atoms with Gasteiger partial charge in [0.1, 0.15) is 29.9 Å². The highest BCUT2D eigenvalue weighted by Crippen LogP contribution is 2.43.